The van der Waals surface area contributed by atoms with Crippen LogP contribution in [0.3, 0.4) is 0 Å². The van der Waals surface area contributed by atoms with Gasteiger partial charge in [-0.15, -0.1) is 0 Å². The maximum atomic E-state index is 12.3. The lowest BCUT2D eigenvalue weighted by molar-refractivity contribution is -0.119. The van der Waals surface area contributed by atoms with Gasteiger partial charge in [-0.1, -0.05) is 49.4 Å². The van der Waals surface area contributed by atoms with Crippen LogP contribution in [0.4, 0.5) is 5.69 Å². The van der Waals surface area contributed by atoms with E-state index in [1.807, 2.05) is 42.5 Å². The summed E-state index contributed by atoms with van der Waals surface area (Å²) in [5.74, 6) is -0.832. The number of hydrogen-bond donors (Lipinski definition) is 4. The van der Waals surface area contributed by atoms with Crippen molar-refractivity contribution < 1.29 is 14.4 Å². The molecule has 0 bridgehead atoms. The SMILES string of the molecule is CCC(=O)Nc1ccc(C(=O)NNC(=S)NC(=O)Cc2cccc3ccccc23)cc1. The first-order chi connectivity index (χ1) is 15.0. The summed E-state index contributed by atoms with van der Waals surface area (Å²) in [6, 6.07) is 20.0. The van der Waals surface area contributed by atoms with Crippen LogP contribution in [0, 0.1) is 0 Å². The first-order valence-corrected chi connectivity index (χ1v) is 10.1. The number of thiocarbonyl (C=S) groups is 1. The predicted octanol–water partition coefficient (Wildman–Crippen LogP) is 3.07. The maximum absolute atomic E-state index is 12.3. The predicted molar refractivity (Wildman–Crippen MR) is 124 cm³/mol. The zero-order valence-electron chi connectivity index (χ0n) is 16.9. The molecule has 0 unspecified atom stereocenters. The summed E-state index contributed by atoms with van der Waals surface area (Å²) in [5.41, 5.74) is 6.82. The molecule has 0 aliphatic carbocycles. The smallest absolute Gasteiger partial charge is 0.269 e. The molecule has 158 valence electrons. The van der Waals surface area contributed by atoms with Crippen molar-refractivity contribution in [2.75, 3.05) is 5.32 Å². The van der Waals surface area contributed by atoms with Crippen molar-refractivity contribution in [3.63, 3.8) is 0 Å². The lowest BCUT2D eigenvalue weighted by atomic mass is 10.0. The summed E-state index contributed by atoms with van der Waals surface area (Å²) in [4.78, 5) is 36.0. The molecule has 0 aliphatic rings. The summed E-state index contributed by atoms with van der Waals surface area (Å²) < 4.78 is 0. The Morgan fingerprint density at radius 3 is 2.29 bits per heavy atom. The van der Waals surface area contributed by atoms with Crippen LogP contribution in [0.1, 0.15) is 29.3 Å². The molecule has 0 aliphatic heterocycles. The fourth-order valence-electron chi connectivity index (χ4n) is 2.96. The summed E-state index contributed by atoms with van der Waals surface area (Å²) >= 11 is 5.09. The second-order valence-corrected chi connectivity index (χ2v) is 7.16. The van der Waals surface area contributed by atoms with Crippen LogP contribution < -0.4 is 21.5 Å². The highest BCUT2D eigenvalue weighted by molar-refractivity contribution is 7.80. The fraction of sp³-hybridized carbons (Fsp3) is 0.130. The molecule has 0 radical (unpaired) electrons. The molecular formula is C23H22N4O3S. The second kappa shape index (κ2) is 10.3. The van der Waals surface area contributed by atoms with E-state index in [0.29, 0.717) is 17.7 Å². The number of anilines is 1. The normalized spacial score (nSPS) is 10.2. The van der Waals surface area contributed by atoms with Gasteiger partial charge in [0, 0.05) is 17.7 Å². The first kappa shape index (κ1) is 21.9. The first-order valence-electron chi connectivity index (χ1n) is 9.73. The molecule has 0 saturated heterocycles. The molecule has 3 aromatic rings. The van der Waals surface area contributed by atoms with Crippen LogP contribution in [0.25, 0.3) is 10.8 Å². The van der Waals surface area contributed by atoms with E-state index in [0.717, 1.165) is 16.3 Å². The zero-order chi connectivity index (χ0) is 22.2. The molecule has 0 saturated carbocycles. The molecule has 0 spiro atoms. The molecule has 4 N–H and O–H groups in total. The number of benzene rings is 3. The molecule has 3 aromatic carbocycles. The third-order valence-corrected chi connectivity index (χ3v) is 4.73. The van der Waals surface area contributed by atoms with Gasteiger partial charge in [0.1, 0.15) is 0 Å². The van der Waals surface area contributed by atoms with Crippen molar-refractivity contribution in [1.82, 2.24) is 16.2 Å². The standard InChI is InChI=1S/C23H22N4O3S/c1-2-20(28)24-18-12-10-16(11-13-18)22(30)26-27-23(31)25-21(29)14-17-8-5-7-15-6-3-4-9-19(15)17/h3-13H,2,14H2,1H3,(H,24,28)(H,26,30)(H2,25,27,29,31). The van der Waals surface area contributed by atoms with Crippen molar-refractivity contribution in [3.8, 4) is 0 Å². The molecule has 3 amide bonds. The van der Waals surface area contributed by atoms with Crippen molar-refractivity contribution in [3.05, 3.63) is 77.9 Å². The Hall–Kier alpha value is -3.78. The average Bonchev–Trinajstić information content (AvgIpc) is 2.78. The molecule has 0 atom stereocenters. The molecule has 0 fully saturated rings. The minimum absolute atomic E-state index is 0.00887. The molecule has 7 nitrogen and oxygen atoms in total. The maximum Gasteiger partial charge on any atom is 0.269 e. The van der Waals surface area contributed by atoms with Gasteiger partial charge < -0.3 is 10.6 Å². The van der Waals surface area contributed by atoms with Crippen LogP contribution in [-0.2, 0) is 16.0 Å². The fourth-order valence-corrected chi connectivity index (χ4v) is 3.13. The highest BCUT2D eigenvalue weighted by Gasteiger charge is 2.10. The van der Waals surface area contributed by atoms with E-state index in [1.165, 1.54) is 0 Å². The van der Waals surface area contributed by atoms with Gasteiger partial charge in [0.25, 0.3) is 5.91 Å². The van der Waals surface area contributed by atoms with Gasteiger partial charge >= 0.3 is 0 Å². The van der Waals surface area contributed by atoms with Crippen molar-refractivity contribution in [1.29, 1.82) is 0 Å². The Morgan fingerprint density at radius 2 is 1.55 bits per heavy atom. The van der Waals surface area contributed by atoms with E-state index >= 15 is 0 Å². The number of hydrazine groups is 1. The van der Waals surface area contributed by atoms with E-state index < -0.39 is 5.91 Å². The number of amides is 3. The van der Waals surface area contributed by atoms with E-state index in [1.54, 1.807) is 31.2 Å². The number of rotatable bonds is 5. The monoisotopic (exact) mass is 434 g/mol. The lowest BCUT2D eigenvalue weighted by Gasteiger charge is -2.12. The average molecular weight is 435 g/mol. The molecular weight excluding hydrogens is 412 g/mol. The minimum atomic E-state index is -0.431. The van der Waals surface area contributed by atoms with E-state index in [2.05, 4.69) is 21.5 Å². The molecule has 3 rings (SSSR count). The van der Waals surface area contributed by atoms with E-state index in [9.17, 15) is 14.4 Å². The van der Waals surface area contributed by atoms with Gasteiger partial charge in [-0.25, -0.2) is 0 Å². The van der Waals surface area contributed by atoms with Crippen LogP contribution >= 0.6 is 12.2 Å². The topological polar surface area (TPSA) is 99.3 Å². The quantitative estimate of drug-likeness (QED) is 0.365. The number of carbonyl (C=O) groups is 3. The summed E-state index contributed by atoms with van der Waals surface area (Å²) in [6.07, 6.45) is 0.526. The van der Waals surface area contributed by atoms with Crippen LogP contribution in [0.5, 0.6) is 0 Å². The number of fused-ring (bicyclic) bond motifs is 1. The number of nitrogens with one attached hydrogen (secondary N) is 4. The molecule has 0 heterocycles. The third-order valence-electron chi connectivity index (χ3n) is 4.53. The molecule has 0 aromatic heterocycles. The van der Waals surface area contributed by atoms with Gasteiger partial charge in [-0.3, -0.25) is 25.2 Å². The summed E-state index contributed by atoms with van der Waals surface area (Å²) in [6.45, 7) is 1.76. The van der Waals surface area contributed by atoms with E-state index in [-0.39, 0.29) is 23.3 Å². The van der Waals surface area contributed by atoms with E-state index in [4.69, 9.17) is 12.2 Å². The van der Waals surface area contributed by atoms with Crippen LogP contribution in [-0.4, -0.2) is 22.8 Å². The van der Waals surface area contributed by atoms with Gasteiger partial charge in [0.05, 0.1) is 6.42 Å². The Balaban J connectivity index is 1.49. The number of hydrogen-bond acceptors (Lipinski definition) is 4. The summed E-state index contributed by atoms with van der Waals surface area (Å²) in [5, 5.41) is 7.32. The van der Waals surface area contributed by atoms with Crippen molar-refractivity contribution in [2.24, 2.45) is 0 Å². The Bertz CT molecular complexity index is 1120. The second-order valence-electron chi connectivity index (χ2n) is 6.75. The number of carbonyl (C=O) groups excluding carboxylic acids is 3. The van der Waals surface area contributed by atoms with Crippen molar-refractivity contribution >= 4 is 51.5 Å². The van der Waals surface area contributed by atoms with Crippen molar-refractivity contribution in [2.45, 2.75) is 19.8 Å². The Morgan fingerprint density at radius 1 is 0.839 bits per heavy atom. The van der Waals surface area contributed by atoms with Gasteiger partial charge in [-0.05, 0) is 52.8 Å². The highest BCUT2D eigenvalue weighted by Crippen LogP contribution is 2.18. The van der Waals surface area contributed by atoms with Gasteiger partial charge in [0.2, 0.25) is 11.8 Å². The largest absolute Gasteiger partial charge is 0.326 e. The summed E-state index contributed by atoms with van der Waals surface area (Å²) in [7, 11) is 0. The zero-order valence-corrected chi connectivity index (χ0v) is 17.7. The third kappa shape index (κ3) is 6.10. The highest BCUT2D eigenvalue weighted by atomic mass is 32.1. The van der Waals surface area contributed by atoms with Crippen LogP contribution in [0.15, 0.2) is 66.7 Å². The Kier molecular flexibility index (Phi) is 7.29. The van der Waals surface area contributed by atoms with Gasteiger partial charge in [0.15, 0.2) is 5.11 Å². The molecule has 31 heavy (non-hydrogen) atoms. The van der Waals surface area contributed by atoms with Gasteiger partial charge in [-0.2, -0.15) is 0 Å². The lowest BCUT2D eigenvalue weighted by Crippen LogP contribution is -2.48. The molecule has 8 heteroatoms. The Labute approximate surface area is 185 Å². The minimum Gasteiger partial charge on any atom is -0.326 e. The van der Waals surface area contributed by atoms with Crippen LogP contribution in [0.2, 0.25) is 0 Å².